The first-order valence-electron chi connectivity index (χ1n) is 8.97. The van der Waals surface area contributed by atoms with Crippen molar-refractivity contribution >= 4 is 44.8 Å². The maximum absolute atomic E-state index is 11.3. The van der Waals surface area contributed by atoms with Gasteiger partial charge in [-0.05, 0) is 36.2 Å². The van der Waals surface area contributed by atoms with Gasteiger partial charge in [-0.1, -0.05) is 36.1 Å². The van der Waals surface area contributed by atoms with E-state index in [1.165, 1.54) is 11.8 Å². The molecule has 0 radical (unpaired) electrons. The number of carbonyl (C=O) groups excluding carboxylic acids is 1. The van der Waals surface area contributed by atoms with Crippen LogP contribution in [0.25, 0.3) is 5.00 Å². The van der Waals surface area contributed by atoms with Crippen molar-refractivity contribution in [2.24, 2.45) is 0 Å². The van der Waals surface area contributed by atoms with Crippen LogP contribution in [-0.4, -0.2) is 40.0 Å². The summed E-state index contributed by atoms with van der Waals surface area (Å²) in [5.74, 6) is 2.50. The van der Waals surface area contributed by atoms with Gasteiger partial charge in [0.2, 0.25) is 4.73 Å². The van der Waals surface area contributed by atoms with Crippen LogP contribution < -0.4 is 9.47 Å². The second kappa shape index (κ2) is 9.76. The number of carbonyl (C=O) groups is 1. The molecule has 0 saturated carbocycles. The number of hydrogen-bond acceptors (Lipinski definition) is 7. The van der Waals surface area contributed by atoms with Crippen LogP contribution in [0.2, 0.25) is 0 Å². The number of halogens is 1. The Kier molecular flexibility index (Phi) is 7.36. The molecule has 6 nitrogen and oxygen atoms in total. The Bertz CT molecular complexity index is 905. The van der Waals surface area contributed by atoms with Crippen LogP contribution in [0, 0.1) is 0 Å². The Morgan fingerprint density at radius 1 is 1.39 bits per heavy atom. The molecule has 0 aliphatic heterocycles. The predicted molar refractivity (Wildman–Crippen MR) is 116 cm³/mol. The summed E-state index contributed by atoms with van der Waals surface area (Å²) in [6.07, 6.45) is 9.86. The highest BCUT2D eigenvalue weighted by Crippen LogP contribution is 2.50. The molecule has 0 bridgehead atoms. The largest absolute Gasteiger partial charge is 0.492 e. The Hall–Kier alpha value is -1.58. The van der Waals surface area contributed by atoms with Crippen molar-refractivity contribution in [1.82, 2.24) is 14.8 Å². The number of aromatic nitrogens is 3. The third-order valence-corrected chi connectivity index (χ3v) is 6.84. The fraction of sp³-hybridized carbons (Fsp3) is 0.421. The molecule has 3 rings (SSSR count). The van der Waals surface area contributed by atoms with Crippen LogP contribution in [-0.2, 0) is 4.79 Å². The van der Waals surface area contributed by atoms with Gasteiger partial charge < -0.3 is 9.47 Å². The lowest BCUT2D eigenvalue weighted by atomic mass is 9.99. The lowest BCUT2D eigenvalue weighted by Crippen LogP contribution is -2.01. The summed E-state index contributed by atoms with van der Waals surface area (Å²) in [6, 6.07) is 0. The number of hydrogen-bond donors (Lipinski definition) is 0. The summed E-state index contributed by atoms with van der Waals surface area (Å²) in [5.41, 5.74) is 0. The van der Waals surface area contributed by atoms with Gasteiger partial charge >= 0.3 is 0 Å². The average Bonchev–Trinajstić information content (AvgIpc) is 3.22. The Morgan fingerprint density at radius 3 is 2.86 bits per heavy atom. The van der Waals surface area contributed by atoms with Crippen LogP contribution >= 0.6 is 39.0 Å². The van der Waals surface area contributed by atoms with Crippen molar-refractivity contribution in [2.75, 3.05) is 19.5 Å². The summed E-state index contributed by atoms with van der Waals surface area (Å²) >= 11 is 6.63. The molecule has 0 N–H and O–H groups in total. The highest BCUT2D eigenvalue weighted by Gasteiger charge is 2.28. The van der Waals surface area contributed by atoms with E-state index in [0.717, 1.165) is 22.0 Å². The third kappa shape index (κ3) is 4.52. The van der Waals surface area contributed by atoms with Gasteiger partial charge in [-0.15, -0.1) is 21.5 Å². The minimum Gasteiger partial charge on any atom is -0.492 e. The highest BCUT2D eigenvalue weighted by molar-refractivity contribution is 9.10. The number of nitrogens with zero attached hydrogens (tertiary/aromatic N) is 3. The minimum atomic E-state index is 0.157. The maximum Gasteiger partial charge on any atom is 0.206 e. The standard InChI is InChI=1S/C19H22BrN3O3S2/c1-4-26-15-14(25-3)16(13-8-6-5-7-9-13)28-17(15)23-18(20)21-22-19(23)27-11-10-12(2)24/h5-8,13H,4,9-11H2,1-3H3/t13-/m0/s1. The van der Waals surface area contributed by atoms with E-state index in [2.05, 4.69) is 50.4 Å². The van der Waals surface area contributed by atoms with Gasteiger partial charge in [0.15, 0.2) is 21.7 Å². The number of ketones is 1. The van der Waals surface area contributed by atoms with E-state index < -0.39 is 0 Å². The topological polar surface area (TPSA) is 66.2 Å². The zero-order valence-electron chi connectivity index (χ0n) is 16.0. The van der Waals surface area contributed by atoms with E-state index in [-0.39, 0.29) is 11.7 Å². The number of thioether (sulfide) groups is 1. The Labute approximate surface area is 181 Å². The second-order valence-corrected chi connectivity index (χ2v) is 8.91. The minimum absolute atomic E-state index is 0.157. The SMILES string of the molecule is CCOc1c(-n2c(Br)nnc2SCCC(C)=O)sc([C@H]2C=CC=CC2)c1OC. The van der Waals surface area contributed by atoms with Crippen LogP contribution in [0.5, 0.6) is 11.5 Å². The highest BCUT2D eigenvalue weighted by atomic mass is 79.9. The lowest BCUT2D eigenvalue weighted by Gasteiger charge is -2.13. The fourth-order valence-corrected chi connectivity index (χ4v) is 5.85. The molecule has 9 heteroatoms. The van der Waals surface area contributed by atoms with E-state index in [0.29, 0.717) is 34.4 Å². The van der Waals surface area contributed by atoms with Crippen molar-refractivity contribution in [1.29, 1.82) is 0 Å². The van der Waals surface area contributed by atoms with E-state index in [4.69, 9.17) is 9.47 Å². The molecule has 0 spiro atoms. The molecule has 2 heterocycles. The molecule has 2 aromatic heterocycles. The van der Waals surface area contributed by atoms with Gasteiger partial charge in [-0.25, -0.2) is 0 Å². The smallest absolute Gasteiger partial charge is 0.206 e. The van der Waals surface area contributed by atoms with Crippen LogP contribution in [0.1, 0.15) is 37.5 Å². The Balaban J connectivity index is 2.05. The average molecular weight is 484 g/mol. The molecule has 150 valence electrons. The van der Waals surface area contributed by atoms with Crippen LogP contribution in [0.4, 0.5) is 0 Å². The summed E-state index contributed by atoms with van der Waals surface area (Å²) in [6.45, 7) is 4.07. The van der Waals surface area contributed by atoms with Gasteiger partial charge in [-0.2, -0.15) is 0 Å². The van der Waals surface area contributed by atoms with E-state index in [1.807, 2.05) is 11.5 Å². The lowest BCUT2D eigenvalue weighted by molar-refractivity contribution is -0.116. The van der Waals surface area contributed by atoms with Crippen molar-refractivity contribution in [2.45, 2.75) is 37.8 Å². The van der Waals surface area contributed by atoms with E-state index in [9.17, 15) is 4.79 Å². The molecule has 1 aliphatic rings. The molecular formula is C19H22BrN3O3S2. The number of thiophene rings is 1. The molecule has 28 heavy (non-hydrogen) atoms. The molecule has 0 saturated heterocycles. The van der Waals surface area contributed by atoms with Crippen LogP contribution in [0.3, 0.4) is 0 Å². The monoisotopic (exact) mass is 483 g/mol. The zero-order valence-corrected chi connectivity index (χ0v) is 19.2. The molecule has 0 aromatic carbocycles. The van der Waals surface area contributed by atoms with Crippen molar-refractivity contribution in [3.8, 4) is 16.5 Å². The van der Waals surface area contributed by atoms with Gasteiger partial charge in [-0.3, -0.25) is 9.36 Å². The fourth-order valence-electron chi connectivity index (χ4n) is 2.84. The molecule has 2 aromatic rings. The van der Waals surface area contributed by atoms with Crippen LogP contribution in [0.15, 0.2) is 34.2 Å². The van der Waals surface area contributed by atoms with Gasteiger partial charge in [0.25, 0.3) is 0 Å². The number of rotatable bonds is 9. The van der Waals surface area contributed by atoms with Gasteiger partial charge in [0.1, 0.15) is 5.78 Å². The maximum atomic E-state index is 11.3. The first-order valence-corrected chi connectivity index (χ1v) is 11.6. The second-order valence-electron chi connectivity index (χ2n) is 6.11. The molecular weight excluding hydrogens is 462 g/mol. The van der Waals surface area contributed by atoms with Crippen molar-refractivity contribution < 1.29 is 14.3 Å². The van der Waals surface area contributed by atoms with Crippen molar-refractivity contribution in [3.63, 3.8) is 0 Å². The molecule has 0 fully saturated rings. The number of Topliss-reactive ketones (excluding diaryl/α,β-unsaturated/α-hetero) is 1. The van der Waals surface area contributed by atoms with E-state index in [1.54, 1.807) is 25.4 Å². The molecule has 1 atom stereocenters. The summed E-state index contributed by atoms with van der Waals surface area (Å²) in [7, 11) is 1.67. The third-order valence-electron chi connectivity index (χ3n) is 4.12. The number of methoxy groups -OCH3 is 1. The number of ether oxygens (including phenoxy) is 2. The predicted octanol–water partition coefficient (Wildman–Crippen LogP) is 5.17. The first-order chi connectivity index (χ1) is 13.6. The first kappa shape index (κ1) is 21.1. The Morgan fingerprint density at radius 2 is 2.21 bits per heavy atom. The van der Waals surface area contributed by atoms with Gasteiger partial charge in [0.05, 0.1) is 18.6 Å². The zero-order chi connectivity index (χ0) is 20.1. The summed E-state index contributed by atoms with van der Waals surface area (Å²) in [4.78, 5) is 12.4. The summed E-state index contributed by atoms with van der Waals surface area (Å²) < 4.78 is 14.3. The number of allylic oxidation sites excluding steroid dienone is 4. The molecule has 1 aliphatic carbocycles. The normalized spacial score (nSPS) is 15.8. The molecule has 0 unspecified atom stereocenters. The van der Waals surface area contributed by atoms with Crippen molar-refractivity contribution in [3.05, 3.63) is 33.9 Å². The molecule has 0 amide bonds. The van der Waals surface area contributed by atoms with E-state index >= 15 is 0 Å². The quantitative estimate of drug-likeness (QED) is 0.458. The summed E-state index contributed by atoms with van der Waals surface area (Å²) in [5, 5.41) is 10.0. The van der Waals surface area contributed by atoms with Gasteiger partial charge in [0, 0.05) is 18.1 Å².